The molecule has 1 aliphatic heterocycles. The van der Waals surface area contributed by atoms with Gasteiger partial charge in [-0.15, -0.1) is 0 Å². The van der Waals surface area contributed by atoms with Crippen molar-refractivity contribution in [2.45, 2.75) is 26.8 Å². The van der Waals surface area contributed by atoms with Crippen LogP contribution < -0.4 is 24.4 Å². The molecule has 0 radical (unpaired) electrons. The second-order valence-electron chi connectivity index (χ2n) is 7.82. The van der Waals surface area contributed by atoms with Gasteiger partial charge in [-0.1, -0.05) is 35.1 Å². The fourth-order valence-corrected chi connectivity index (χ4v) is 5.33. The molecule has 0 saturated heterocycles. The highest BCUT2D eigenvalue weighted by atomic mass is 35.5. The number of allylic oxidation sites excluding steroid dienone is 1. The smallest absolute Gasteiger partial charge is 0.338 e. The van der Waals surface area contributed by atoms with Crippen molar-refractivity contribution in [3.8, 4) is 11.5 Å². The Morgan fingerprint density at radius 2 is 1.94 bits per heavy atom. The summed E-state index contributed by atoms with van der Waals surface area (Å²) in [5.74, 6) is -0.143. The van der Waals surface area contributed by atoms with E-state index in [1.165, 1.54) is 35.1 Å². The molecule has 1 aliphatic rings. The normalized spacial score (nSPS) is 15.4. The van der Waals surface area contributed by atoms with E-state index in [-0.39, 0.29) is 17.7 Å². The predicted molar refractivity (Wildman–Crippen MR) is 136 cm³/mol. The number of carbonyl (C=O) groups is 1. The first-order valence-corrected chi connectivity index (χ1v) is 12.4. The summed E-state index contributed by atoms with van der Waals surface area (Å²) in [5, 5.41) is 0.347. The summed E-state index contributed by atoms with van der Waals surface area (Å²) in [4.78, 5) is 31.5. The predicted octanol–water partition coefficient (Wildman–Crippen LogP) is 4.00. The number of rotatable bonds is 7. The van der Waals surface area contributed by atoms with Crippen molar-refractivity contribution in [3.05, 3.63) is 89.3 Å². The highest BCUT2D eigenvalue weighted by Gasteiger charge is 2.33. The second-order valence-corrected chi connectivity index (χ2v) is 9.24. The molecule has 1 atom stereocenters. The van der Waals surface area contributed by atoms with Gasteiger partial charge in [-0.25, -0.2) is 14.2 Å². The van der Waals surface area contributed by atoms with Gasteiger partial charge in [0.25, 0.3) is 5.56 Å². The maximum Gasteiger partial charge on any atom is 0.338 e. The summed E-state index contributed by atoms with van der Waals surface area (Å²) in [6.45, 7) is 5.81. The molecule has 0 spiro atoms. The topological polar surface area (TPSA) is 79.1 Å². The van der Waals surface area contributed by atoms with Crippen molar-refractivity contribution in [1.82, 2.24) is 4.57 Å². The minimum atomic E-state index is -0.818. The maximum atomic E-state index is 13.7. The van der Waals surface area contributed by atoms with Crippen LogP contribution in [0.5, 0.6) is 11.5 Å². The molecule has 0 N–H and O–H groups in total. The number of hydrogen-bond donors (Lipinski definition) is 0. The van der Waals surface area contributed by atoms with E-state index in [1.807, 2.05) is 6.92 Å². The lowest BCUT2D eigenvalue weighted by Crippen LogP contribution is -2.39. The highest BCUT2D eigenvalue weighted by molar-refractivity contribution is 7.07. The van der Waals surface area contributed by atoms with Crippen molar-refractivity contribution < 1.29 is 23.4 Å². The van der Waals surface area contributed by atoms with Crippen LogP contribution >= 0.6 is 22.9 Å². The molecule has 1 aromatic heterocycles. The summed E-state index contributed by atoms with van der Waals surface area (Å²) in [7, 11) is 1.51. The van der Waals surface area contributed by atoms with E-state index in [1.54, 1.807) is 44.2 Å². The van der Waals surface area contributed by atoms with Gasteiger partial charge in [0.15, 0.2) is 16.3 Å². The van der Waals surface area contributed by atoms with Crippen LogP contribution in [0.4, 0.5) is 4.39 Å². The van der Waals surface area contributed by atoms with E-state index in [4.69, 9.17) is 25.8 Å². The van der Waals surface area contributed by atoms with Crippen molar-refractivity contribution in [2.75, 3.05) is 20.3 Å². The molecule has 7 nitrogen and oxygen atoms in total. The number of fused-ring (bicyclic) bond motifs is 1. The second kappa shape index (κ2) is 10.7. The van der Waals surface area contributed by atoms with Crippen molar-refractivity contribution in [1.29, 1.82) is 0 Å². The molecular formula is C26H24ClFN2O5S. The fraction of sp³-hybridized carbons (Fsp3) is 0.269. The molecule has 4 rings (SSSR count). The minimum Gasteiger partial charge on any atom is -0.493 e. The van der Waals surface area contributed by atoms with E-state index >= 15 is 0 Å². The maximum absolute atomic E-state index is 13.7. The number of ether oxygens (including phenoxy) is 3. The van der Waals surface area contributed by atoms with E-state index in [9.17, 15) is 14.0 Å². The standard InChI is InChI=1S/C26H24ClFN2O5S/c1-5-34-23-18(27)11-15(12-19(23)33-4)13-20-24(31)30-22(16-7-9-17(28)10-8-16)21(25(32)35-6-2)14(3)29-26(30)36-20/h7-13,22H,5-6H2,1-4H3/b20-13-/t22-/m1/s1. The van der Waals surface area contributed by atoms with E-state index in [0.29, 0.717) is 49.3 Å². The molecule has 0 unspecified atom stereocenters. The van der Waals surface area contributed by atoms with Crippen molar-refractivity contribution >= 4 is 35.0 Å². The molecule has 10 heteroatoms. The fourth-order valence-electron chi connectivity index (χ4n) is 4.01. The van der Waals surface area contributed by atoms with Crippen LogP contribution in [0.15, 0.2) is 57.5 Å². The molecule has 0 saturated carbocycles. The third kappa shape index (κ3) is 4.81. The molecule has 188 valence electrons. The Balaban J connectivity index is 1.92. The molecule has 2 aromatic carbocycles. The summed E-state index contributed by atoms with van der Waals surface area (Å²) in [5.41, 5.74) is 1.50. The lowest BCUT2D eigenvalue weighted by atomic mass is 9.96. The third-order valence-electron chi connectivity index (χ3n) is 5.54. The van der Waals surface area contributed by atoms with Gasteiger partial charge in [0, 0.05) is 0 Å². The Morgan fingerprint density at radius 3 is 2.58 bits per heavy atom. The van der Waals surface area contributed by atoms with Crippen LogP contribution in [0, 0.1) is 5.82 Å². The first-order chi connectivity index (χ1) is 17.3. The first-order valence-electron chi connectivity index (χ1n) is 11.2. The van der Waals surface area contributed by atoms with Gasteiger partial charge in [-0.2, -0.15) is 0 Å². The summed E-state index contributed by atoms with van der Waals surface area (Å²) in [6, 6.07) is 8.26. The van der Waals surface area contributed by atoms with Crippen LogP contribution in [0.25, 0.3) is 6.08 Å². The first kappa shape index (κ1) is 25.7. The molecule has 0 bridgehead atoms. The van der Waals surface area contributed by atoms with Gasteiger partial charge in [0.1, 0.15) is 5.82 Å². The zero-order valence-electron chi connectivity index (χ0n) is 20.1. The van der Waals surface area contributed by atoms with Crippen LogP contribution in [-0.2, 0) is 9.53 Å². The minimum absolute atomic E-state index is 0.163. The SMILES string of the molecule is CCOC(=O)C1=C(C)N=c2s/c(=C\c3cc(Cl)c(OCC)c(OC)c3)c(=O)n2[C@@H]1c1ccc(F)cc1. The molecule has 36 heavy (non-hydrogen) atoms. The van der Waals surface area contributed by atoms with Crippen LogP contribution in [0.1, 0.15) is 37.9 Å². The van der Waals surface area contributed by atoms with Crippen LogP contribution in [0.3, 0.4) is 0 Å². The number of halogens is 2. The van der Waals surface area contributed by atoms with E-state index in [0.717, 1.165) is 0 Å². The summed E-state index contributed by atoms with van der Waals surface area (Å²) >= 11 is 7.58. The summed E-state index contributed by atoms with van der Waals surface area (Å²) < 4.78 is 31.7. The molecular weight excluding hydrogens is 507 g/mol. The van der Waals surface area contributed by atoms with Gasteiger partial charge in [-0.05, 0) is 62.2 Å². The third-order valence-corrected chi connectivity index (χ3v) is 6.80. The van der Waals surface area contributed by atoms with Gasteiger partial charge < -0.3 is 14.2 Å². The van der Waals surface area contributed by atoms with Gasteiger partial charge in [0.2, 0.25) is 0 Å². The Labute approximate surface area is 215 Å². The van der Waals surface area contributed by atoms with Crippen molar-refractivity contribution in [3.63, 3.8) is 0 Å². The number of thiazole rings is 1. The number of aromatic nitrogens is 1. The number of benzene rings is 2. The average Bonchev–Trinajstić information content (AvgIpc) is 3.14. The molecule has 2 heterocycles. The van der Waals surface area contributed by atoms with E-state index in [2.05, 4.69) is 4.99 Å². The highest BCUT2D eigenvalue weighted by Crippen LogP contribution is 2.36. The van der Waals surface area contributed by atoms with Gasteiger partial charge in [-0.3, -0.25) is 9.36 Å². The monoisotopic (exact) mass is 530 g/mol. The van der Waals surface area contributed by atoms with Gasteiger partial charge in [0.05, 0.1) is 47.2 Å². The molecule has 0 aliphatic carbocycles. The van der Waals surface area contributed by atoms with E-state index < -0.39 is 17.8 Å². The number of esters is 1. The number of nitrogens with zero attached hydrogens (tertiary/aromatic N) is 2. The Bertz CT molecular complexity index is 1530. The van der Waals surface area contributed by atoms with Crippen LogP contribution in [0.2, 0.25) is 5.02 Å². The molecule has 0 amide bonds. The lowest BCUT2D eigenvalue weighted by molar-refractivity contribution is -0.139. The molecule has 3 aromatic rings. The number of hydrogen-bond acceptors (Lipinski definition) is 7. The number of methoxy groups -OCH3 is 1. The number of carbonyl (C=O) groups excluding carboxylic acids is 1. The quantitative estimate of drug-likeness (QED) is 0.431. The van der Waals surface area contributed by atoms with Gasteiger partial charge >= 0.3 is 5.97 Å². The Hall–Kier alpha value is -3.43. The zero-order valence-corrected chi connectivity index (χ0v) is 21.7. The van der Waals surface area contributed by atoms with Crippen LogP contribution in [-0.4, -0.2) is 30.9 Å². The largest absolute Gasteiger partial charge is 0.493 e. The zero-order chi connectivity index (χ0) is 26.0. The lowest BCUT2D eigenvalue weighted by Gasteiger charge is -2.24. The Kier molecular flexibility index (Phi) is 7.61. The average molecular weight is 531 g/mol. The Morgan fingerprint density at radius 1 is 1.22 bits per heavy atom. The summed E-state index contributed by atoms with van der Waals surface area (Å²) in [6.07, 6.45) is 1.68. The molecule has 0 fully saturated rings. The van der Waals surface area contributed by atoms with Crippen molar-refractivity contribution in [2.24, 2.45) is 4.99 Å².